The number of hydrogen-bond acceptors (Lipinski definition) is 1. The molecule has 18 heavy (non-hydrogen) atoms. The van der Waals surface area contributed by atoms with Gasteiger partial charge in [0, 0.05) is 5.02 Å². The maximum Gasteiger partial charge on any atom is 0.224 e. The van der Waals surface area contributed by atoms with Gasteiger partial charge in [0.15, 0.2) is 0 Å². The van der Waals surface area contributed by atoms with E-state index >= 15 is 0 Å². The summed E-state index contributed by atoms with van der Waals surface area (Å²) < 4.78 is 0. The summed E-state index contributed by atoms with van der Waals surface area (Å²) in [6, 6.07) is 4.20. The molecule has 2 nitrogen and oxygen atoms in total. The first kappa shape index (κ1) is 11.8. The van der Waals surface area contributed by atoms with Crippen LogP contribution in [0.15, 0.2) is 17.7 Å². The molecule has 1 amide bonds. The van der Waals surface area contributed by atoms with E-state index in [4.69, 9.17) is 17.3 Å². The minimum Gasteiger partial charge on any atom is -0.369 e. The maximum atomic E-state index is 11.5. The molecule has 2 N–H and O–H groups in total. The van der Waals surface area contributed by atoms with Crippen molar-refractivity contribution in [3.63, 3.8) is 0 Å². The number of carbonyl (C=O) groups excluding carboxylic acids is 1. The Bertz CT molecular complexity index is 574. The SMILES string of the molecule is Cc1cc2c(cc1Cl)C1=C(C2)C(C(N)=O)CCC1. The minimum absolute atomic E-state index is 0.0692. The number of halogens is 1. The second-order valence-electron chi connectivity index (χ2n) is 5.29. The number of amides is 1. The number of aryl methyl sites for hydroxylation is 1. The molecule has 2 aliphatic carbocycles. The van der Waals surface area contributed by atoms with Crippen LogP contribution in [0.25, 0.3) is 5.57 Å². The maximum absolute atomic E-state index is 11.5. The van der Waals surface area contributed by atoms with Crippen molar-refractivity contribution in [1.29, 1.82) is 0 Å². The number of benzene rings is 1. The topological polar surface area (TPSA) is 43.1 Å². The van der Waals surface area contributed by atoms with Crippen LogP contribution in [0.2, 0.25) is 5.02 Å². The van der Waals surface area contributed by atoms with Gasteiger partial charge in [-0.05, 0) is 66.5 Å². The largest absolute Gasteiger partial charge is 0.369 e. The van der Waals surface area contributed by atoms with E-state index in [0.717, 1.165) is 36.3 Å². The normalized spacial score (nSPS) is 21.8. The molecule has 1 unspecified atom stereocenters. The molecule has 0 bridgehead atoms. The van der Waals surface area contributed by atoms with Crippen molar-refractivity contribution in [2.24, 2.45) is 11.7 Å². The zero-order chi connectivity index (χ0) is 12.9. The van der Waals surface area contributed by atoms with Gasteiger partial charge in [0.05, 0.1) is 5.92 Å². The molecule has 1 aromatic rings. The molecular weight excluding hydrogens is 246 g/mol. The highest BCUT2D eigenvalue weighted by atomic mass is 35.5. The van der Waals surface area contributed by atoms with E-state index in [2.05, 4.69) is 12.1 Å². The summed E-state index contributed by atoms with van der Waals surface area (Å²) >= 11 is 6.21. The number of fused-ring (bicyclic) bond motifs is 2. The first-order valence-electron chi connectivity index (χ1n) is 6.38. The zero-order valence-electron chi connectivity index (χ0n) is 10.4. The average Bonchev–Trinajstić information content (AvgIpc) is 2.67. The lowest BCUT2D eigenvalue weighted by Crippen LogP contribution is -2.27. The molecule has 3 heteroatoms. The van der Waals surface area contributed by atoms with Crippen molar-refractivity contribution in [2.75, 3.05) is 0 Å². The van der Waals surface area contributed by atoms with Crippen LogP contribution in [0.4, 0.5) is 0 Å². The standard InChI is InChI=1S/C15H16ClNO/c1-8-5-9-6-13-10(12(9)7-14(8)16)3-2-4-11(13)15(17)18/h5,7,11H,2-4,6H2,1H3,(H2,17,18). The van der Waals surface area contributed by atoms with Crippen molar-refractivity contribution in [3.8, 4) is 0 Å². The van der Waals surface area contributed by atoms with Gasteiger partial charge >= 0.3 is 0 Å². The van der Waals surface area contributed by atoms with Crippen molar-refractivity contribution < 1.29 is 4.79 Å². The Morgan fingerprint density at radius 1 is 1.44 bits per heavy atom. The van der Waals surface area contributed by atoms with E-state index in [-0.39, 0.29) is 11.8 Å². The number of allylic oxidation sites excluding steroid dienone is 1. The Balaban J connectivity index is 2.10. The van der Waals surface area contributed by atoms with Gasteiger partial charge in [-0.15, -0.1) is 0 Å². The lowest BCUT2D eigenvalue weighted by Gasteiger charge is -2.22. The Kier molecular flexibility index (Phi) is 2.70. The highest BCUT2D eigenvalue weighted by Crippen LogP contribution is 2.45. The van der Waals surface area contributed by atoms with Gasteiger partial charge in [-0.25, -0.2) is 0 Å². The lowest BCUT2D eigenvalue weighted by atomic mass is 9.82. The summed E-state index contributed by atoms with van der Waals surface area (Å²) in [4.78, 5) is 11.5. The second-order valence-corrected chi connectivity index (χ2v) is 5.69. The van der Waals surface area contributed by atoms with Gasteiger partial charge in [0.25, 0.3) is 0 Å². The number of primary amides is 1. The second kappa shape index (κ2) is 4.13. The van der Waals surface area contributed by atoms with Gasteiger partial charge in [-0.2, -0.15) is 0 Å². The van der Waals surface area contributed by atoms with Gasteiger partial charge < -0.3 is 5.73 Å². The van der Waals surface area contributed by atoms with Crippen LogP contribution < -0.4 is 5.73 Å². The molecule has 3 rings (SSSR count). The fraction of sp³-hybridized carbons (Fsp3) is 0.400. The predicted molar refractivity (Wildman–Crippen MR) is 73.3 cm³/mol. The van der Waals surface area contributed by atoms with Crippen molar-refractivity contribution in [2.45, 2.75) is 32.6 Å². The third-order valence-corrected chi connectivity index (χ3v) is 4.57. The summed E-state index contributed by atoms with van der Waals surface area (Å²) in [7, 11) is 0. The van der Waals surface area contributed by atoms with E-state index in [9.17, 15) is 4.79 Å². The number of carbonyl (C=O) groups is 1. The fourth-order valence-electron chi connectivity index (χ4n) is 3.25. The average molecular weight is 262 g/mol. The number of nitrogens with two attached hydrogens (primary N) is 1. The summed E-state index contributed by atoms with van der Waals surface area (Å²) in [5.74, 6) is -0.252. The van der Waals surface area contributed by atoms with Crippen molar-refractivity contribution in [1.82, 2.24) is 0 Å². The van der Waals surface area contributed by atoms with Crippen LogP contribution in [0, 0.1) is 12.8 Å². The molecular formula is C15H16ClNO. The molecule has 94 valence electrons. The van der Waals surface area contributed by atoms with Gasteiger partial charge in [0.2, 0.25) is 5.91 Å². The highest BCUT2D eigenvalue weighted by Gasteiger charge is 2.33. The predicted octanol–water partition coefficient (Wildman–Crippen LogP) is 3.24. The zero-order valence-corrected chi connectivity index (χ0v) is 11.2. The molecule has 0 radical (unpaired) electrons. The van der Waals surface area contributed by atoms with Crippen molar-refractivity contribution >= 4 is 23.1 Å². The quantitative estimate of drug-likeness (QED) is 0.829. The van der Waals surface area contributed by atoms with E-state index in [0.29, 0.717) is 0 Å². The summed E-state index contributed by atoms with van der Waals surface area (Å²) in [6.45, 7) is 2.02. The lowest BCUT2D eigenvalue weighted by molar-refractivity contribution is -0.121. The Morgan fingerprint density at radius 2 is 2.22 bits per heavy atom. The van der Waals surface area contributed by atoms with Crippen LogP contribution >= 0.6 is 11.6 Å². The van der Waals surface area contributed by atoms with Gasteiger partial charge in [-0.1, -0.05) is 17.7 Å². The molecule has 1 atom stereocenters. The van der Waals surface area contributed by atoms with Crippen LogP contribution in [-0.4, -0.2) is 5.91 Å². The Morgan fingerprint density at radius 3 is 2.94 bits per heavy atom. The molecule has 0 saturated carbocycles. The fourth-order valence-corrected chi connectivity index (χ4v) is 3.42. The molecule has 0 aromatic heterocycles. The van der Waals surface area contributed by atoms with E-state index < -0.39 is 0 Å². The minimum atomic E-state index is -0.183. The molecule has 0 heterocycles. The Hall–Kier alpha value is -1.28. The van der Waals surface area contributed by atoms with Crippen LogP contribution in [0.5, 0.6) is 0 Å². The first-order chi connectivity index (χ1) is 8.58. The highest BCUT2D eigenvalue weighted by molar-refractivity contribution is 6.31. The van der Waals surface area contributed by atoms with E-state index in [1.165, 1.54) is 22.3 Å². The molecule has 2 aliphatic rings. The molecule has 0 aliphatic heterocycles. The Labute approximate surface area is 112 Å². The monoisotopic (exact) mass is 261 g/mol. The summed E-state index contributed by atoms with van der Waals surface area (Å²) in [5.41, 5.74) is 11.7. The van der Waals surface area contributed by atoms with Crippen LogP contribution in [0.1, 0.15) is 36.0 Å². The van der Waals surface area contributed by atoms with Gasteiger partial charge in [-0.3, -0.25) is 4.79 Å². The summed E-state index contributed by atoms with van der Waals surface area (Å²) in [6.07, 6.45) is 3.86. The number of hydrogen-bond donors (Lipinski definition) is 1. The molecule has 0 spiro atoms. The molecule has 0 saturated heterocycles. The third kappa shape index (κ3) is 1.67. The van der Waals surface area contributed by atoms with Crippen LogP contribution in [0.3, 0.4) is 0 Å². The van der Waals surface area contributed by atoms with E-state index in [1.807, 2.05) is 6.92 Å². The molecule has 0 fully saturated rings. The number of rotatable bonds is 1. The van der Waals surface area contributed by atoms with E-state index in [1.54, 1.807) is 0 Å². The summed E-state index contributed by atoms with van der Waals surface area (Å²) in [5, 5.41) is 0.809. The smallest absolute Gasteiger partial charge is 0.224 e. The van der Waals surface area contributed by atoms with Gasteiger partial charge in [0.1, 0.15) is 0 Å². The first-order valence-corrected chi connectivity index (χ1v) is 6.76. The van der Waals surface area contributed by atoms with Crippen LogP contribution in [-0.2, 0) is 11.2 Å². The molecule has 1 aromatic carbocycles. The third-order valence-electron chi connectivity index (χ3n) is 4.16. The van der Waals surface area contributed by atoms with Crippen molar-refractivity contribution in [3.05, 3.63) is 39.4 Å².